The maximum atomic E-state index is 11.9. The molecule has 2 rings (SSSR count). The Kier molecular flexibility index (Phi) is 4.23. The summed E-state index contributed by atoms with van der Waals surface area (Å²) in [5, 5.41) is 23.4. The Morgan fingerprint density at radius 3 is 2.43 bits per heavy atom. The number of para-hydroxylation sites is 1. The third-order valence-corrected chi connectivity index (χ3v) is 3.02. The average molecular weight is 284 g/mol. The number of nitrogens with zero attached hydrogens (tertiary/aromatic N) is 1. The molecule has 0 aliphatic carbocycles. The number of aryl methyl sites for hydroxylation is 1. The number of rotatable bonds is 3. The zero-order valence-electron chi connectivity index (χ0n) is 11.8. The first-order valence-electron chi connectivity index (χ1n) is 6.41. The zero-order valence-corrected chi connectivity index (χ0v) is 11.8. The first kappa shape index (κ1) is 14.6. The van der Waals surface area contributed by atoms with Gasteiger partial charge in [0.1, 0.15) is 11.5 Å². The van der Waals surface area contributed by atoms with Crippen LogP contribution in [0.25, 0.3) is 0 Å². The second-order valence-corrected chi connectivity index (χ2v) is 4.68. The van der Waals surface area contributed by atoms with E-state index in [2.05, 4.69) is 10.5 Å². The lowest BCUT2D eigenvalue weighted by atomic mass is 10.1. The van der Waals surface area contributed by atoms with Gasteiger partial charge in [-0.15, -0.1) is 0 Å². The summed E-state index contributed by atoms with van der Waals surface area (Å²) >= 11 is 0. The molecule has 3 N–H and O–H groups in total. The van der Waals surface area contributed by atoms with Crippen molar-refractivity contribution in [3.05, 3.63) is 59.2 Å². The molecule has 2 aromatic rings. The standard InChI is InChI=1S/C16H16N2O3/c1-10-7-8-15(20)13(9-10)11(2)17-18-16(21)12-5-3-4-6-14(12)19/h3-9,19-20H,1-2H3,(H,18,21)/b17-11+. The van der Waals surface area contributed by atoms with Crippen LogP contribution in [-0.2, 0) is 0 Å². The van der Waals surface area contributed by atoms with Gasteiger partial charge in [-0.3, -0.25) is 4.79 Å². The molecule has 108 valence electrons. The van der Waals surface area contributed by atoms with Crippen molar-refractivity contribution in [2.75, 3.05) is 0 Å². The number of aromatic hydroxyl groups is 2. The second-order valence-electron chi connectivity index (χ2n) is 4.68. The monoisotopic (exact) mass is 284 g/mol. The first-order valence-corrected chi connectivity index (χ1v) is 6.41. The van der Waals surface area contributed by atoms with Crippen LogP contribution in [0.3, 0.4) is 0 Å². The van der Waals surface area contributed by atoms with Gasteiger partial charge in [0.05, 0.1) is 11.3 Å². The minimum Gasteiger partial charge on any atom is -0.507 e. The number of nitrogens with one attached hydrogen (secondary N) is 1. The van der Waals surface area contributed by atoms with Crippen molar-refractivity contribution in [1.82, 2.24) is 5.43 Å². The molecule has 0 aliphatic rings. The Hall–Kier alpha value is -2.82. The lowest BCUT2D eigenvalue weighted by molar-refractivity contribution is 0.0952. The van der Waals surface area contributed by atoms with Crippen LogP contribution < -0.4 is 5.43 Å². The molecule has 0 atom stereocenters. The van der Waals surface area contributed by atoms with Crippen LogP contribution in [0.5, 0.6) is 11.5 Å². The van der Waals surface area contributed by atoms with E-state index in [-0.39, 0.29) is 17.1 Å². The van der Waals surface area contributed by atoms with E-state index in [0.29, 0.717) is 11.3 Å². The Bertz CT molecular complexity index is 708. The molecule has 0 heterocycles. The summed E-state index contributed by atoms with van der Waals surface area (Å²) in [6, 6.07) is 11.3. The van der Waals surface area contributed by atoms with Gasteiger partial charge in [-0.25, -0.2) is 5.43 Å². The van der Waals surface area contributed by atoms with Crippen LogP contribution in [-0.4, -0.2) is 21.8 Å². The van der Waals surface area contributed by atoms with Crippen molar-refractivity contribution in [3.8, 4) is 11.5 Å². The van der Waals surface area contributed by atoms with Crippen LogP contribution in [0.15, 0.2) is 47.6 Å². The van der Waals surface area contributed by atoms with Crippen LogP contribution in [0.4, 0.5) is 0 Å². The summed E-state index contributed by atoms with van der Waals surface area (Å²) in [6.45, 7) is 3.58. The summed E-state index contributed by atoms with van der Waals surface area (Å²) < 4.78 is 0. The van der Waals surface area contributed by atoms with Gasteiger partial charge in [0.25, 0.3) is 5.91 Å². The van der Waals surface area contributed by atoms with Gasteiger partial charge in [0.2, 0.25) is 0 Å². The number of benzene rings is 2. The molecule has 1 amide bonds. The minimum absolute atomic E-state index is 0.0960. The van der Waals surface area contributed by atoms with Gasteiger partial charge in [-0.2, -0.15) is 5.10 Å². The molecule has 2 aromatic carbocycles. The van der Waals surface area contributed by atoms with Crippen LogP contribution in [0.1, 0.15) is 28.4 Å². The van der Waals surface area contributed by atoms with E-state index < -0.39 is 5.91 Å². The molecule has 0 saturated carbocycles. The normalized spacial score (nSPS) is 11.2. The van der Waals surface area contributed by atoms with Gasteiger partial charge >= 0.3 is 0 Å². The number of phenols is 2. The minimum atomic E-state index is -0.514. The third kappa shape index (κ3) is 3.39. The molecule has 0 unspecified atom stereocenters. The fourth-order valence-corrected chi connectivity index (χ4v) is 1.86. The largest absolute Gasteiger partial charge is 0.507 e. The number of hydrazone groups is 1. The van der Waals surface area contributed by atoms with Gasteiger partial charge in [-0.1, -0.05) is 23.8 Å². The molecule has 0 aromatic heterocycles. The van der Waals surface area contributed by atoms with E-state index in [0.717, 1.165) is 5.56 Å². The van der Waals surface area contributed by atoms with Gasteiger partial charge < -0.3 is 10.2 Å². The topological polar surface area (TPSA) is 81.9 Å². The molecule has 21 heavy (non-hydrogen) atoms. The van der Waals surface area contributed by atoms with E-state index in [1.165, 1.54) is 12.1 Å². The quantitative estimate of drug-likeness (QED) is 0.598. The fraction of sp³-hybridized carbons (Fsp3) is 0.125. The number of hydrogen-bond donors (Lipinski definition) is 3. The second kappa shape index (κ2) is 6.09. The van der Waals surface area contributed by atoms with Crippen molar-refractivity contribution < 1.29 is 15.0 Å². The van der Waals surface area contributed by atoms with Gasteiger partial charge in [0, 0.05) is 5.56 Å². The molecule has 0 aliphatic heterocycles. The molecule has 0 bridgehead atoms. The first-order chi connectivity index (χ1) is 9.99. The number of carbonyl (C=O) groups is 1. The van der Waals surface area contributed by atoms with Crippen LogP contribution in [0.2, 0.25) is 0 Å². The van der Waals surface area contributed by atoms with E-state index in [1.807, 2.05) is 6.92 Å². The number of hydrogen-bond acceptors (Lipinski definition) is 4. The maximum absolute atomic E-state index is 11.9. The maximum Gasteiger partial charge on any atom is 0.275 e. The Morgan fingerprint density at radius 2 is 1.71 bits per heavy atom. The summed E-state index contributed by atoms with van der Waals surface area (Å²) in [4.78, 5) is 11.9. The summed E-state index contributed by atoms with van der Waals surface area (Å²) in [6.07, 6.45) is 0. The van der Waals surface area contributed by atoms with Crippen LogP contribution >= 0.6 is 0 Å². The zero-order chi connectivity index (χ0) is 15.4. The SMILES string of the molecule is C/C(=N\NC(=O)c1ccccc1O)c1cc(C)ccc1O. The highest BCUT2D eigenvalue weighted by Gasteiger charge is 2.10. The summed E-state index contributed by atoms with van der Waals surface area (Å²) in [5.41, 5.74) is 4.50. The number of amides is 1. The van der Waals surface area contributed by atoms with E-state index >= 15 is 0 Å². The summed E-state index contributed by atoms with van der Waals surface area (Å²) in [7, 11) is 0. The molecular formula is C16H16N2O3. The summed E-state index contributed by atoms with van der Waals surface area (Å²) in [5.74, 6) is -0.528. The smallest absolute Gasteiger partial charge is 0.275 e. The van der Waals surface area contributed by atoms with Crippen molar-refractivity contribution in [1.29, 1.82) is 0 Å². The highest BCUT2D eigenvalue weighted by molar-refractivity contribution is 6.03. The molecule has 0 saturated heterocycles. The lowest BCUT2D eigenvalue weighted by Gasteiger charge is -2.07. The molecule has 0 radical (unpaired) electrons. The van der Waals surface area contributed by atoms with Crippen molar-refractivity contribution in [3.63, 3.8) is 0 Å². The van der Waals surface area contributed by atoms with E-state index in [4.69, 9.17) is 0 Å². The average Bonchev–Trinajstić information content (AvgIpc) is 2.47. The lowest BCUT2D eigenvalue weighted by Crippen LogP contribution is -2.19. The predicted molar refractivity (Wildman–Crippen MR) is 80.6 cm³/mol. The predicted octanol–water partition coefficient (Wildman–Crippen LogP) is 2.56. The Balaban J connectivity index is 2.19. The van der Waals surface area contributed by atoms with Crippen molar-refractivity contribution in [2.45, 2.75) is 13.8 Å². The Labute approximate surface area is 122 Å². The van der Waals surface area contributed by atoms with Gasteiger partial charge in [0.15, 0.2) is 0 Å². The molecule has 0 fully saturated rings. The fourth-order valence-electron chi connectivity index (χ4n) is 1.86. The van der Waals surface area contributed by atoms with E-state index in [9.17, 15) is 15.0 Å². The number of phenolic OH excluding ortho intramolecular Hbond substituents is 2. The Morgan fingerprint density at radius 1 is 1.05 bits per heavy atom. The molecule has 5 nitrogen and oxygen atoms in total. The molecule has 5 heteroatoms. The highest BCUT2D eigenvalue weighted by Crippen LogP contribution is 2.19. The van der Waals surface area contributed by atoms with Crippen molar-refractivity contribution >= 4 is 11.6 Å². The van der Waals surface area contributed by atoms with E-state index in [1.54, 1.807) is 37.3 Å². The number of carbonyl (C=O) groups excluding carboxylic acids is 1. The highest BCUT2D eigenvalue weighted by atomic mass is 16.3. The van der Waals surface area contributed by atoms with Gasteiger partial charge in [-0.05, 0) is 38.1 Å². The third-order valence-electron chi connectivity index (χ3n) is 3.02. The molecular weight excluding hydrogens is 268 g/mol. The van der Waals surface area contributed by atoms with Crippen molar-refractivity contribution in [2.24, 2.45) is 5.10 Å². The molecule has 0 spiro atoms. The van der Waals surface area contributed by atoms with Crippen LogP contribution in [0, 0.1) is 6.92 Å².